The second kappa shape index (κ2) is 9.37. The first kappa shape index (κ1) is 24.5. The maximum atomic E-state index is 15.1. The Labute approximate surface area is 209 Å². The summed E-state index contributed by atoms with van der Waals surface area (Å²) in [7, 11) is 1.67. The molecule has 5 rings (SSSR count). The molecule has 0 aliphatic carbocycles. The molecule has 190 valence electrons. The van der Waals surface area contributed by atoms with Gasteiger partial charge in [-0.1, -0.05) is 19.9 Å². The zero-order valence-corrected chi connectivity index (χ0v) is 21.6. The summed E-state index contributed by atoms with van der Waals surface area (Å²) >= 11 is 0. The van der Waals surface area contributed by atoms with E-state index in [2.05, 4.69) is 33.9 Å². The Morgan fingerprint density at radius 3 is 2.67 bits per heavy atom. The number of hydrogen-bond acceptors (Lipinski definition) is 6. The molecule has 0 saturated carbocycles. The zero-order chi connectivity index (χ0) is 25.6. The van der Waals surface area contributed by atoms with Gasteiger partial charge in [0.2, 0.25) is 0 Å². The van der Waals surface area contributed by atoms with Gasteiger partial charge in [0.1, 0.15) is 11.3 Å². The summed E-state index contributed by atoms with van der Waals surface area (Å²) in [5.74, 6) is -0.412. The average molecular weight is 493 g/mol. The fraction of sp³-hybridized carbons (Fsp3) is 0.481. The molecular formula is C27H33FN6O2. The summed E-state index contributed by atoms with van der Waals surface area (Å²) in [6.45, 7) is 12.7. The van der Waals surface area contributed by atoms with Crippen molar-refractivity contribution in [3.8, 4) is 11.1 Å². The van der Waals surface area contributed by atoms with Gasteiger partial charge >= 0.3 is 5.69 Å². The largest absolute Gasteiger partial charge is 0.374 e. The molecule has 0 spiro atoms. The van der Waals surface area contributed by atoms with Gasteiger partial charge < -0.3 is 9.64 Å². The molecule has 4 aromatic rings. The first-order valence-electron chi connectivity index (χ1n) is 12.5. The zero-order valence-electron chi connectivity index (χ0n) is 21.6. The molecule has 0 atom stereocenters. The molecule has 0 radical (unpaired) electrons. The van der Waals surface area contributed by atoms with Crippen LogP contribution in [0, 0.1) is 11.2 Å². The van der Waals surface area contributed by atoms with E-state index < -0.39 is 5.82 Å². The minimum absolute atomic E-state index is 0.0833. The smallest absolute Gasteiger partial charge is 0.330 e. The lowest BCUT2D eigenvalue weighted by molar-refractivity contribution is 0.0946. The van der Waals surface area contributed by atoms with Gasteiger partial charge in [-0.05, 0) is 44.4 Å². The summed E-state index contributed by atoms with van der Waals surface area (Å²) in [5.41, 5.74) is 3.60. The lowest BCUT2D eigenvalue weighted by Gasteiger charge is -2.19. The van der Waals surface area contributed by atoms with Crippen LogP contribution in [-0.2, 0) is 18.4 Å². The van der Waals surface area contributed by atoms with E-state index in [4.69, 9.17) is 4.74 Å². The number of imidazole rings is 1. The van der Waals surface area contributed by atoms with Crippen molar-refractivity contribution in [2.75, 3.05) is 26.2 Å². The van der Waals surface area contributed by atoms with E-state index in [0.29, 0.717) is 51.8 Å². The molecule has 1 saturated heterocycles. The van der Waals surface area contributed by atoms with Gasteiger partial charge in [-0.3, -0.25) is 14.1 Å². The minimum Gasteiger partial charge on any atom is -0.374 e. The summed E-state index contributed by atoms with van der Waals surface area (Å²) < 4.78 is 24.1. The van der Waals surface area contributed by atoms with E-state index in [-0.39, 0.29) is 11.7 Å². The fourth-order valence-corrected chi connectivity index (χ4v) is 5.07. The third-order valence-corrected chi connectivity index (χ3v) is 7.07. The van der Waals surface area contributed by atoms with Gasteiger partial charge in [-0.15, -0.1) is 10.2 Å². The normalized spacial score (nSPS) is 16.1. The second-order valence-electron chi connectivity index (χ2n) is 10.8. The second-order valence-corrected chi connectivity index (χ2v) is 10.8. The molecule has 4 heterocycles. The Morgan fingerprint density at radius 1 is 1.19 bits per heavy atom. The lowest BCUT2D eigenvalue weighted by atomic mass is 9.93. The lowest BCUT2D eigenvalue weighted by Crippen LogP contribution is -2.27. The van der Waals surface area contributed by atoms with Crippen molar-refractivity contribution in [2.24, 2.45) is 12.5 Å². The number of hydrogen-bond donors (Lipinski definition) is 0. The van der Waals surface area contributed by atoms with Gasteiger partial charge in [-0.25, -0.2) is 9.18 Å². The van der Waals surface area contributed by atoms with E-state index in [1.807, 2.05) is 26.0 Å². The van der Waals surface area contributed by atoms with Crippen LogP contribution in [0.15, 0.2) is 35.3 Å². The summed E-state index contributed by atoms with van der Waals surface area (Å²) in [4.78, 5) is 19.7. The van der Waals surface area contributed by atoms with Crippen molar-refractivity contribution < 1.29 is 9.13 Å². The highest BCUT2D eigenvalue weighted by Gasteiger charge is 2.28. The molecule has 3 aromatic heterocycles. The maximum absolute atomic E-state index is 15.1. The van der Waals surface area contributed by atoms with Gasteiger partial charge in [0.25, 0.3) is 0 Å². The van der Waals surface area contributed by atoms with Crippen molar-refractivity contribution in [3.05, 3.63) is 52.5 Å². The van der Waals surface area contributed by atoms with Crippen molar-refractivity contribution in [2.45, 2.75) is 46.8 Å². The highest BCUT2D eigenvalue weighted by atomic mass is 19.1. The third-order valence-electron chi connectivity index (χ3n) is 7.07. The molecular weight excluding hydrogens is 459 g/mol. The van der Waals surface area contributed by atoms with Crippen molar-refractivity contribution in [1.29, 1.82) is 0 Å². The number of fused-ring (bicyclic) bond motifs is 3. The molecule has 9 heteroatoms. The molecule has 1 aromatic carbocycles. The van der Waals surface area contributed by atoms with E-state index in [9.17, 15) is 4.79 Å². The molecule has 36 heavy (non-hydrogen) atoms. The van der Waals surface area contributed by atoms with E-state index in [0.717, 1.165) is 25.3 Å². The SMILES string of the molecule is CC(C)n1c(=O)n(C)c2nnc3cc(F)c(-c4ccc(COCCN5CCC(C)(C)C5)nc4)cc3c21. The van der Waals surface area contributed by atoms with Crippen molar-refractivity contribution >= 4 is 22.1 Å². The van der Waals surface area contributed by atoms with Crippen LogP contribution in [0.3, 0.4) is 0 Å². The first-order chi connectivity index (χ1) is 17.1. The Hall–Kier alpha value is -3.17. The molecule has 0 amide bonds. The van der Waals surface area contributed by atoms with Crippen LogP contribution in [0.5, 0.6) is 0 Å². The molecule has 0 N–H and O–H groups in total. The van der Waals surface area contributed by atoms with Crippen LogP contribution in [0.4, 0.5) is 4.39 Å². The number of aryl methyl sites for hydroxylation is 1. The van der Waals surface area contributed by atoms with Gasteiger partial charge in [0.05, 0.1) is 24.4 Å². The summed E-state index contributed by atoms with van der Waals surface area (Å²) in [5, 5.41) is 9.05. The van der Waals surface area contributed by atoms with Crippen LogP contribution >= 0.6 is 0 Å². The standard InChI is InChI=1S/C27H33FN6O2/c1-17(2)34-24-21-12-20(22(28)13-23(21)30-31-25(24)32(5)26(34)35)18-6-7-19(29-14-18)15-36-11-10-33-9-8-27(3,4)16-33/h6-7,12-14,17H,8-11,15-16H2,1-5H3. The van der Waals surface area contributed by atoms with E-state index >= 15 is 4.39 Å². The molecule has 8 nitrogen and oxygen atoms in total. The van der Waals surface area contributed by atoms with Crippen LogP contribution in [0.25, 0.3) is 33.2 Å². The quantitative estimate of drug-likeness (QED) is 0.358. The number of likely N-dealkylation sites (tertiary alicyclic amines) is 1. The summed E-state index contributed by atoms with van der Waals surface area (Å²) in [6, 6.07) is 6.75. The number of ether oxygens (including phenoxy) is 1. The number of pyridine rings is 1. The van der Waals surface area contributed by atoms with E-state index in [1.54, 1.807) is 23.9 Å². The number of aromatic nitrogens is 5. The van der Waals surface area contributed by atoms with Crippen molar-refractivity contribution in [3.63, 3.8) is 0 Å². The monoisotopic (exact) mass is 492 g/mol. The molecule has 0 bridgehead atoms. The van der Waals surface area contributed by atoms with Crippen molar-refractivity contribution in [1.82, 2.24) is 29.2 Å². The Bertz CT molecular complexity index is 1470. The molecule has 0 unspecified atom stereocenters. The molecule has 1 aliphatic heterocycles. The van der Waals surface area contributed by atoms with Gasteiger partial charge in [-0.2, -0.15) is 0 Å². The van der Waals surface area contributed by atoms with Gasteiger partial charge in [0, 0.05) is 55.0 Å². The van der Waals surface area contributed by atoms with Gasteiger partial charge in [0.15, 0.2) is 5.65 Å². The van der Waals surface area contributed by atoms with Crippen LogP contribution in [-0.4, -0.2) is 55.5 Å². The summed E-state index contributed by atoms with van der Waals surface area (Å²) in [6.07, 6.45) is 2.89. The van der Waals surface area contributed by atoms with Crippen LogP contribution in [0.1, 0.15) is 45.9 Å². The highest BCUT2D eigenvalue weighted by Crippen LogP contribution is 2.31. The fourth-order valence-electron chi connectivity index (χ4n) is 5.07. The Morgan fingerprint density at radius 2 is 2.00 bits per heavy atom. The molecule has 1 fully saturated rings. The maximum Gasteiger partial charge on any atom is 0.330 e. The van der Waals surface area contributed by atoms with Crippen LogP contribution in [0.2, 0.25) is 0 Å². The van der Waals surface area contributed by atoms with E-state index in [1.165, 1.54) is 17.1 Å². The number of rotatable bonds is 7. The predicted octanol–water partition coefficient (Wildman–Crippen LogP) is 4.31. The number of halogens is 1. The first-order valence-corrected chi connectivity index (χ1v) is 12.5. The Kier molecular flexibility index (Phi) is 6.38. The average Bonchev–Trinajstić information content (AvgIpc) is 3.32. The topological polar surface area (TPSA) is 78.1 Å². The predicted molar refractivity (Wildman–Crippen MR) is 138 cm³/mol. The van der Waals surface area contributed by atoms with Crippen LogP contribution < -0.4 is 5.69 Å². The number of nitrogens with zero attached hydrogens (tertiary/aromatic N) is 6. The highest BCUT2D eigenvalue weighted by molar-refractivity contribution is 6.02. The molecule has 1 aliphatic rings. The third kappa shape index (κ3) is 4.53. The Balaban J connectivity index is 1.37. The minimum atomic E-state index is -0.412. The number of benzene rings is 1.